The highest BCUT2D eigenvalue weighted by Gasteiger charge is 2.06. The van der Waals surface area contributed by atoms with E-state index < -0.39 is 0 Å². The molecule has 0 aliphatic carbocycles. The van der Waals surface area contributed by atoms with Crippen molar-refractivity contribution in [2.24, 2.45) is 0 Å². The van der Waals surface area contributed by atoms with Crippen molar-refractivity contribution in [2.45, 2.75) is 13.5 Å². The van der Waals surface area contributed by atoms with Crippen molar-refractivity contribution in [3.05, 3.63) is 58.9 Å². The summed E-state index contributed by atoms with van der Waals surface area (Å²) in [6, 6.07) is 11.6. The van der Waals surface area contributed by atoms with Crippen LogP contribution in [0.25, 0.3) is 0 Å². The molecule has 0 amide bonds. The van der Waals surface area contributed by atoms with Gasteiger partial charge in [-0.05, 0) is 36.2 Å². The Kier molecular flexibility index (Phi) is 3.67. The third-order valence-electron chi connectivity index (χ3n) is 2.78. The molecule has 0 heterocycles. The average Bonchev–Trinajstić information content (AvgIpc) is 2.40. The number of rotatable bonds is 3. The summed E-state index contributed by atoms with van der Waals surface area (Å²) in [6.07, 6.45) is 0. The molecule has 96 valence electrons. The third kappa shape index (κ3) is 3.02. The number of aryl methyl sites for hydroxylation is 1. The number of nitriles is 1. The Labute approximate surface area is 111 Å². The van der Waals surface area contributed by atoms with E-state index in [1.54, 1.807) is 24.3 Å². The Morgan fingerprint density at radius 2 is 2.11 bits per heavy atom. The first-order valence-corrected chi connectivity index (χ1v) is 5.77. The van der Waals surface area contributed by atoms with Crippen molar-refractivity contribution in [1.82, 2.24) is 0 Å². The van der Waals surface area contributed by atoms with E-state index in [0.29, 0.717) is 17.0 Å². The van der Waals surface area contributed by atoms with Gasteiger partial charge >= 0.3 is 0 Å². The summed E-state index contributed by atoms with van der Waals surface area (Å²) < 4.78 is 18.6. The van der Waals surface area contributed by atoms with Crippen molar-refractivity contribution >= 4 is 5.69 Å². The van der Waals surface area contributed by atoms with Crippen LogP contribution < -0.4 is 10.5 Å². The quantitative estimate of drug-likeness (QED) is 0.858. The number of hydrogen-bond acceptors (Lipinski definition) is 3. The molecule has 0 radical (unpaired) electrons. The predicted octanol–water partition coefficient (Wildman–Crippen LogP) is 3.17. The van der Waals surface area contributed by atoms with E-state index in [1.807, 2.05) is 13.0 Å². The summed E-state index contributed by atoms with van der Waals surface area (Å²) in [6.45, 7) is 2.05. The normalized spacial score (nSPS) is 9.95. The van der Waals surface area contributed by atoms with E-state index in [9.17, 15) is 4.39 Å². The van der Waals surface area contributed by atoms with Gasteiger partial charge in [0.2, 0.25) is 0 Å². The minimum absolute atomic E-state index is 0.242. The van der Waals surface area contributed by atoms with Crippen LogP contribution >= 0.6 is 0 Å². The van der Waals surface area contributed by atoms with E-state index in [2.05, 4.69) is 0 Å². The van der Waals surface area contributed by atoms with Gasteiger partial charge in [0.1, 0.15) is 24.2 Å². The lowest BCUT2D eigenvalue weighted by molar-refractivity contribution is 0.305. The van der Waals surface area contributed by atoms with Crippen LogP contribution in [0.2, 0.25) is 0 Å². The molecule has 0 bridgehead atoms. The molecule has 2 aromatic rings. The summed E-state index contributed by atoms with van der Waals surface area (Å²) in [4.78, 5) is 0. The monoisotopic (exact) mass is 256 g/mol. The number of nitrogens with two attached hydrogens (primary N) is 1. The zero-order valence-electron chi connectivity index (χ0n) is 10.5. The number of hydrogen-bond donors (Lipinski definition) is 1. The first kappa shape index (κ1) is 12.9. The zero-order chi connectivity index (χ0) is 13.8. The van der Waals surface area contributed by atoms with Crippen LogP contribution in [0.5, 0.6) is 5.75 Å². The maximum Gasteiger partial charge on any atom is 0.123 e. The van der Waals surface area contributed by atoms with Gasteiger partial charge in [-0.25, -0.2) is 4.39 Å². The van der Waals surface area contributed by atoms with Crippen LogP contribution in [-0.2, 0) is 6.61 Å². The molecule has 0 aliphatic heterocycles. The molecule has 2 aromatic carbocycles. The fourth-order valence-corrected chi connectivity index (χ4v) is 1.73. The molecule has 0 aliphatic rings. The van der Waals surface area contributed by atoms with Gasteiger partial charge in [-0.15, -0.1) is 0 Å². The topological polar surface area (TPSA) is 59.0 Å². The van der Waals surface area contributed by atoms with Crippen LogP contribution in [0.1, 0.15) is 16.7 Å². The molecule has 0 aromatic heterocycles. The van der Waals surface area contributed by atoms with Gasteiger partial charge in [0.05, 0.1) is 11.3 Å². The van der Waals surface area contributed by atoms with Crippen LogP contribution in [0.15, 0.2) is 36.4 Å². The molecule has 0 saturated carbocycles. The fraction of sp³-hybridized carbons (Fsp3) is 0.133. The van der Waals surface area contributed by atoms with Gasteiger partial charge in [-0.1, -0.05) is 12.1 Å². The summed E-state index contributed by atoms with van der Waals surface area (Å²) in [5, 5.41) is 8.95. The molecule has 4 heteroatoms. The molecule has 0 spiro atoms. The lowest BCUT2D eigenvalue weighted by Crippen LogP contribution is -1.99. The Balaban J connectivity index is 2.16. The largest absolute Gasteiger partial charge is 0.489 e. The van der Waals surface area contributed by atoms with Crippen LogP contribution in [0.3, 0.4) is 0 Å². The number of nitrogens with zero attached hydrogens (tertiary/aromatic N) is 1. The standard InChI is InChI=1S/C15H13FN2O/c1-10-5-14(7-12(8-17)15(10)18)19-9-11-3-2-4-13(16)6-11/h2-7H,9,18H2,1H3. The van der Waals surface area contributed by atoms with Gasteiger partial charge in [-0.3, -0.25) is 0 Å². The summed E-state index contributed by atoms with van der Waals surface area (Å²) in [5.74, 6) is 0.250. The molecule has 0 saturated heterocycles. The van der Waals surface area contributed by atoms with Gasteiger partial charge in [0, 0.05) is 6.07 Å². The van der Waals surface area contributed by atoms with Crippen molar-refractivity contribution in [3.8, 4) is 11.8 Å². The minimum Gasteiger partial charge on any atom is -0.489 e. The Morgan fingerprint density at radius 3 is 2.79 bits per heavy atom. The number of halogens is 1. The third-order valence-corrected chi connectivity index (χ3v) is 2.78. The molecule has 19 heavy (non-hydrogen) atoms. The van der Waals surface area contributed by atoms with Crippen LogP contribution in [-0.4, -0.2) is 0 Å². The van der Waals surface area contributed by atoms with E-state index in [1.165, 1.54) is 12.1 Å². The molecule has 0 unspecified atom stereocenters. The minimum atomic E-state index is -0.299. The summed E-state index contributed by atoms with van der Waals surface area (Å²) >= 11 is 0. The zero-order valence-corrected chi connectivity index (χ0v) is 10.5. The average molecular weight is 256 g/mol. The van der Waals surface area contributed by atoms with E-state index in [-0.39, 0.29) is 12.4 Å². The van der Waals surface area contributed by atoms with Crippen molar-refractivity contribution in [2.75, 3.05) is 5.73 Å². The number of anilines is 1. The van der Waals surface area contributed by atoms with Gasteiger partial charge in [0.25, 0.3) is 0 Å². The van der Waals surface area contributed by atoms with Gasteiger partial charge in [-0.2, -0.15) is 5.26 Å². The fourth-order valence-electron chi connectivity index (χ4n) is 1.73. The molecule has 0 fully saturated rings. The lowest BCUT2D eigenvalue weighted by Gasteiger charge is -2.09. The van der Waals surface area contributed by atoms with E-state index in [4.69, 9.17) is 15.7 Å². The molecular weight excluding hydrogens is 243 g/mol. The van der Waals surface area contributed by atoms with Crippen molar-refractivity contribution in [1.29, 1.82) is 5.26 Å². The first-order chi connectivity index (χ1) is 9.10. The smallest absolute Gasteiger partial charge is 0.123 e. The Hall–Kier alpha value is -2.54. The Morgan fingerprint density at radius 1 is 1.32 bits per heavy atom. The second kappa shape index (κ2) is 5.40. The molecule has 3 nitrogen and oxygen atoms in total. The highest BCUT2D eigenvalue weighted by molar-refractivity contribution is 5.61. The number of nitrogen functional groups attached to an aromatic ring is 1. The van der Waals surface area contributed by atoms with Crippen LogP contribution in [0.4, 0.5) is 10.1 Å². The Bertz CT molecular complexity index is 647. The number of ether oxygens (including phenoxy) is 1. The number of benzene rings is 2. The molecule has 2 N–H and O–H groups in total. The second-order valence-electron chi connectivity index (χ2n) is 4.23. The first-order valence-electron chi connectivity index (χ1n) is 5.77. The highest BCUT2D eigenvalue weighted by Crippen LogP contribution is 2.24. The van der Waals surface area contributed by atoms with E-state index in [0.717, 1.165) is 11.1 Å². The maximum absolute atomic E-state index is 13.0. The molecular formula is C15H13FN2O. The molecule has 0 atom stereocenters. The van der Waals surface area contributed by atoms with Crippen LogP contribution in [0, 0.1) is 24.1 Å². The van der Waals surface area contributed by atoms with Gasteiger partial charge in [0.15, 0.2) is 0 Å². The van der Waals surface area contributed by atoms with Gasteiger partial charge < -0.3 is 10.5 Å². The summed E-state index contributed by atoms with van der Waals surface area (Å²) in [5.41, 5.74) is 8.12. The molecule has 2 rings (SSSR count). The SMILES string of the molecule is Cc1cc(OCc2cccc(F)c2)cc(C#N)c1N. The summed E-state index contributed by atoms with van der Waals surface area (Å²) in [7, 11) is 0. The lowest BCUT2D eigenvalue weighted by atomic mass is 10.1. The second-order valence-corrected chi connectivity index (χ2v) is 4.23. The van der Waals surface area contributed by atoms with Crippen molar-refractivity contribution < 1.29 is 9.13 Å². The predicted molar refractivity (Wildman–Crippen MR) is 71.0 cm³/mol. The van der Waals surface area contributed by atoms with Crippen molar-refractivity contribution in [3.63, 3.8) is 0 Å². The van der Waals surface area contributed by atoms with E-state index >= 15 is 0 Å². The highest BCUT2D eigenvalue weighted by atomic mass is 19.1. The maximum atomic E-state index is 13.0.